The number of nitrogens with zero attached hydrogens (tertiary/aromatic N) is 1. The van der Waals surface area contributed by atoms with E-state index < -0.39 is 0 Å². The maximum absolute atomic E-state index is 3.58. The molecular formula is C18H29N2P. The Morgan fingerprint density at radius 3 is 2.14 bits per heavy atom. The number of benzene rings is 1. The maximum Gasteiger partial charge on any atom is 0.0371 e. The number of hydrogen-bond donors (Lipinski definition) is 1. The van der Waals surface area contributed by atoms with Gasteiger partial charge in [0.1, 0.15) is 0 Å². The maximum atomic E-state index is 3.58. The van der Waals surface area contributed by atoms with E-state index in [0.717, 1.165) is 18.0 Å². The van der Waals surface area contributed by atoms with Crippen LogP contribution in [0.4, 0.5) is 5.69 Å². The molecule has 0 spiro atoms. The second-order valence-electron chi connectivity index (χ2n) is 6.92. The Balaban J connectivity index is 0.000000636. The van der Waals surface area contributed by atoms with Crippen LogP contribution >= 0.6 is 9.39 Å². The van der Waals surface area contributed by atoms with E-state index in [2.05, 4.69) is 50.6 Å². The number of anilines is 1. The third-order valence-electron chi connectivity index (χ3n) is 5.57. The molecule has 4 fully saturated rings. The molecule has 1 aromatic rings. The molecule has 5 rings (SSSR count). The molecular weight excluding hydrogens is 275 g/mol. The summed E-state index contributed by atoms with van der Waals surface area (Å²) in [6.45, 7) is 6.17. The smallest absolute Gasteiger partial charge is 0.0371 e. The van der Waals surface area contributed by atoms with Gasteiger partial charge in [-0.1, -0.05) is 40.9 Å². The van der Waals surface area contributed by atoms with Crippen LogP contribution in [0.5, 0.6) is 0 Å². The van der Waals surface area contributed by atoms with Crippen molar-refractivity contribution in [3.8, 4) is 0 Å². The van der Waals surface area contributed by atoms with E-state index in [1.54, 1.807) is 0 Å². The third kappa shape index (κ3) is 2.62. The van der Waals surface area contributed by atoms with Gasteiger partial charge < -0.3 is 4.90 Å². The number of piperidine rings is 2. The molecule has 2 saturated heterocycles. The normalized spacial score (nSPS) is 36.4. The first-order valence-corrected chi connectivity index (χ1v) is 9.10. The van der Waals surface area contributed by atoms with Crippen LogP contribution in [-0.2, 0) is 0 Å². The zero-order valence-corrected chi connectivity index (χ0v) is 14.8. The van der Waals surface area contributed by atoms with Gasteiger partial charge in [0, 0.05) is 23.3 Å². The second kappa shape index (κ2) is 5.89. The van der Waals surface area contributed by atoms with E-state index >= 15 is 0 Å². The van der Waals surface area contributed by atoms with E-state index in [-0.39, 0.29) is 0 Å². The number of aryl methyl sites for hydroxylation is 1. The molecule has 2 nitrogen and oxygen atoms in total. The highest BCUT2D eigenvalue weighted by Gasteiger charge is 2.53. The highest BCUT2D eigenvalue weighted by atomic mass is 31.0. The van der Waals surface area contributed by atoms with Crippen LogP contribution < -0.4 is 9.99 Å². The largest absolute Gasteiger partial charge is 0.365 e. The van der Waals surface area contributed by atoms with Crippen LogP contribution in [0.2, 0.25) is 0 Å². The van der Waals surface area contributed by atoms with Gasteiger partial charge >= 0.3 is 0 Å². The highest BCUT2D eigenvalue weighted by Crippen LogP contribution is 2.52. The van der Waals surface area contributed by atoms with Gasteiger partial charge in [-0.25, -0.2) is 0 Å². The lowest BCUT2D eigenvalue weighted by Crippen LogP contribution is -2.67. The van der Waals surface area contributed by atoms with Gasteiger partial charge in [-0.15, -0.1) is 0 Å². The van der Waals surface area contributed by atoms with Crippen molar-refractivity contribution >= 4 is 15.1 Å². The first-order chi connectivity index (χ1) is 10.2. The number of nitrogens with one attached hydrogen (secondary N) is 1. The Labute approximate surface area is 131 Å². The van der Waals surface area contributed by atoms with Crippen LogP contribution in [0.3, 0.4) is 0 Å². The Morgan fingerprint density at radius 1 is 1.05 bits per heavy atom. The molecule has 2 aliphatic carbocycles. The van der Waals surface area contributed by atoms with E-state index in [1.807, 2.05) is 13.8 Å². The molecule has 0 aromatic heterocycles. The number of rotatable bonds is 2. The van der Waals surface area contributed by atoms with Crippen LogP contribution in [0.25, 0.3) is 0 Å². The van der Waals surface area contributed by atoms with Crippen LogP contribution in [-0.4, -0.2) is 17.6 Å². The molecule has 2 saturated carbocycles. The summed E-state index contributed by atoms with van der Waals surface area (Å²) in [5, 5.41) is 3.58. The molecule has 4 aliphatic rings. The van der Waals surface area contributed by atoms with Crippen molar-refractivity contribution < 1.29 is 0 Å². The lowest BCUT2D eigenvalue weighted by atomic mass is 9.60. The minimum absolute atomic E-state index is 0.419. The van der Waals surface area contributed by atoms with Gasteiger partial charge in [-0.2, -0.15) is 0 Å². The van der Waals surface area contributed by atoms with Gasteiger partial charge in [0.2, 0.25) is 0 Å². The SMILES string of the molecule is CC.Cc1ccc(N2C3CC4CC2CC(NP)(C4)C3)cc1. The Kier molecular flexibility index (Phi) is 4.30. The number of hydrogen-bond acceptors (Lipinski definition) is 2. The summed E-state index contributed by atoms with van der Waals surface area (Å²) < 4.78 is 0. The highest BCUT2D eigenvalue weighted by molar-refractivity contribution is 7.13. The van der Waals surface area contributed by atoms with Crippen molar-refractivity contribution in [2.24, 2.45) is 5.92 Å². The van der Waals surface area contributed by atoms with Crippen molar-refractivity contribution in [2.45, 2.75) is 70.5 Å². The lowest BCUT2D eigenvalue weighted by molar-refractivity contribution is 0.0563. The fourth-order valence-electron chi connectivity index (χ4n) is 4.94. The van der Waals surface area contributed by atoms with Crippen molar-refractivity contribution in [3.63, 3.8) is 0 Å². The predicted molar refractivity (Wildman–Crippen MR) is 94.7 cm³/mol. The van der Waals surface area contributed by atoms with Gasteiger partial charge in [-0.05, 0) is 57.1 Å². The fourth-order valence-corrected chi connectivity index (χ4v) is 5.29. The third-order valence-corrected chi connectivity index (χ3v) is 6.18. The minimum Gasteiger partial charge on any atom is -0.365 e. The molecule has 21 heavy (non-hydrogen) atoms. The van der Waals surface area contributed by atoms with Gasteiger partial charge in [0.25, 0.3) is 0 Å². The molecule has 2 heterocycles. The molecule has 3 atom stereocenters. The zero-order valence-electron chi connectivity index (χ0n) is 13.6. The summed E-state index contributed by atoms with van der Waals surface area (Å²) >= 11 is 0. The molecule has 3 heteroatoms. The molecule has 1 aromatic carbocycles. The summed E-state index contributed by atoms with van der Waals surface area (Å²) in [7, 11) is 2.79. The van der Waals surface area contributed by atoms with Gasteiger partial charge in [0.15, 0.2) is 0 Å². The summed E-state index contributed by atoms with van der Waals surface area (Å²) in [5.74, 6) is 0.951. The predicted octanol–water partition coefficient (Wildman–Crippen LogP) is 4.29. The fraction of sp³-hybridized carbons (Fsp3) is 0.667. The molecule has 2 aliphatic heterocycles. The first kappa shape index (κ1) is 15.3. The van der Waals surface area contributed by atoms with Crippen molar-refractivity contribution in [1.29, 1.82) is 0 Å². The topological polar surface area (TPSA) is 15.3 Å². The quantitative estimate of drug-likeness (QED) is 0.820. The minimum atomic E-state index is 0.419. The Morgan fingerprint density at radius 2 is 1.62 bits per heavy atom. The average Bonchev–Trinajstić information content (AvgIpc) is 2.50. The summed E-state index contributed by atoms with van der Waals surface area (Å²) in [5.41, 5.74) is 3.22. The lowest BCUT2D eigenvalue weighted by Gasteiger charge is -2.62. The van der Waals surface area contributed by atoms with Crippen LogP contribution in [0.1, 0.15) is 51.5 Å². The van der Waals surface area contributed by atoms with Crippen LogP contribution in [0.15, 0.2) is 24.3 Å². The van der Waals surface area contributed by atoms with E-state index in [9.17, 15) is 0 Å². The van der Waals surface area contributed by atoms with Crippen molar-refractivity contribution in [2.75, 3.05) is 4.90 Å². The summed E-state index contributed by atoms with van der Waals surface area (Å²) in [6.07, 6.45) is 6.83. The molecule has 116 valence electrons. The summed E-state index contributed by atoms with van der Waals surface area (Å²) in [6, 6.07) is 10.6. The molecule has 1 N–H and O–H groups in total. The average molecular weight is 304 g/mol. The van der Waals surface area contributed by atoms with Gasteiger partial charge in [-0.3, -0.25) is 5.09 Å². The first-order valence-electron chi connectivity index (χ1n) is 8.52. The molecule has 0 radical (unpaired) electrons. The van der Waals surface area contributed by atoms with Gasteiger partial charge in [0.05, 0.1) is 0 Å². The Bertz CT molecular complexity index is 468. The van der Waals surface area contributed by atoms with Crippen molar-refractivity contribution in [3.05, 3.63) is 29.8 Å². The standard InChI is InChI=1S/C16H23N2P.C2H6/c1-11-2-4-13(5-3-11)18-14-6-12-7-15(18)10-16(8-12,9-14)17-19;1-2/h2-5,12,14-15,17H,6-10,19H2,1H3;1-2H3. The molecule has 3 unspecified atom stereocenters. The molecule has 4 bridgehead atoms. The van der Waals surface area contributed by atoms with Crippen LogP contribution in [0, 0.1) is 12.8 Å². The summed E-state index contributed by atoms with van der Waals surface area (Å²) in [4.78, 5) is 2.73. The van der Waals surface area contributed by atoms with Crippen molar-refractivity contribution in [1.82, 2.24) is 5.09 Å². The van der Waals surface area contributed by atoms with E-state index in [1.165, 1.54) is 43.4 Å². The second-order valence-corrected chi connectivity index (χ2v) is 7.21. The molecule has 0 amide bonds. The zero-order chi connectivity index (χ0) is 15.0. The Hall–Kier alpha value is -0.590. The monoisotopic (exact) mass is 304 g/mol. The van der Waals surface area contributed by atoms with E-state index in [4.69, 9.17) is 0 Å². The van der Waals surface area contributed by atoms with E-state index in [0.29, 0.717) is 5.54 Å².